The fourth-order valence-corrected chi connectivity index (χ4v) is 2.37. The summed E-state index contributed by atoms with van der Waals surface area (Å²) in [4.78, 5) is 23.4. The molecule has 22 heavy (non-hydrogen) atoms. The number of nitrogens with zero attached hydrogens (tertiary/aromatic N) is 1. The van der Waals surface area contributed by atoms with E-state index in [4.69, 9.17) is 0 Å². The first kappa shape index (κ1) is 14.6. The van der Waals surface area contributed by atoms with Crippen LogP contribution in [0.3, 0.4) is 0 Å². The van der Waals surface area contributed by atoms with Gasteiger partial charge in [-0.25, -0.2) is 0 Å². The van der Waals surface area contributed by atoms with E-state index >= 15 is 0 Å². The second-order valence-electron chi connectivity index (χ2n) is 5.36. The molecule has 0 saturated heterocycles. The molecule has 7 heteroatoms. The van der Waals surface area contributed by atoms with Gasteiger partial charge in [-0.2, -0.15) is 13.2 Å². The molecule has 0 unspecified atom stereocenters. The largest absolute Gasteiger partial charge is 0.454 e. The van der Waals surface area contributed by atoms with E-state index < -0.39 is 17.5 Å². The number of aromatic nitrogens is 1. The first-order valence-corrected chi connectivity index (χ1v) is 6.85. The zero-order valence-electron chi connectivity index (χ0n) is 11.5. The Balaban J connectivity index is 1.96. The van der Waals surface area contributed by atoms with Crippen LogP contribution in [0.15, 0.2) is 30.5 Å². The van der Waals surface area contributed by atoms with Crippen molar-refractivity contribution in [2.24, 2.45) is 0 Å². The van der Waals surface area contributed by atoms with E-state index in [2.05, 4.69) is 5.32 Å². The molecule has 2 aromatic rings. The second-order valence-corrected chi connectivity index (χ2v) is 5.36. The maximum Gasteiger partial charge on any atom is 0.454 e. The zero-order chi connectivity index (χ0) is 15.9. The number of fused-ring (bicyclic) bond motifs is 1. The molecule has 1 fully saturated rings. The van der Waals surface area contributed by atoms with Gasteiger partial charge in [-0.15, -0.1) is 0 Å². The van der Waals surface area contributed by atoms with Crippen molar-refractivity contribution in [1.29, 1.82) is 0 Å². The number of halogens is 3. The smallest absolute Gasteiger partial charge is 0.352 e. The van der Waals surface area contributed by atoms with Crippen LogP contribution in [0.4, 0.5) is 13.2 Å². The third kappa shape index (κ3) is 2.84. The maximum absolute atomic E-state index is 12.7. The number of alkyl halides is 3. The molecule has 0 aliphatic heterocycles. The Morgan fingerprint density at radius 1 is 1.23 bits per heavy atom. The number of Topliss-reactive ketones (excluding diaryl/α,β-unsaturated/α-hetero) is 1. The molecule has 3 rings (SSSR count). The minimum atomic E-state index is -4.94. The molecular formula is C15H13F3N2O2. The molecule has 0 atom stereocenters. The number of benzene rings is 1. The van der Waals surface area contributed by atoms with Crippen LogP contribution in [0.2, 0.25) is 0 Å². The Kier molecular flexibility index (Phi) is 3.42. The molecule has 1 N–H and O–H groups in total. The van der Waals surface area contributed by atoms with Crippen LogP contribution in [-0.4, -0.2) is 28.5 Å². The summed E-state index contributed by atoms with van der Waals surface area (Å²) in [6.07, 6.45) is -1.98. The van der Waals surface area contributed by atoms with E-state index in [1.807, 2.05) is 0 Å². The Morgan fingerprint density at radius 3 is 2.55 bits per heavy atom. The van der Waals surface area contributed by atoms with Crippen LogP contribution in [0.25, 0.3) is 10.9 Å². The highest BCUT2D eigenvalue weighted by Crippen LogP contribution is 2.28. The minimum absolute atomic E-state index is 0.109. The van der Waals surface area contributed by atoms with Crippen LogP contribution < -0.4 is 5.32 Å². The molecule has 116 valence electrons. The third-order valence-corrected chi connectivity index (χ3v) is 3.55. The lowest BCUT2D eigenvalue weighted by Crippen LogP contribution is -2.29. The summed E-state index contributed by atoms with van der Waals surface area (Å²) in [5.74, 6) is -2.17. The minimum Gasteiger partial charge on any atom is -0.352 e. The molecule has 1 aromatic heterocycles. The standard InChI is InChI=1S/C15H13F3N2O2/c16-15(17,18)14(22)11-7-20(8-13(21)19-9-5-6-9)12-4-2-1-3-10(11)12/h1-4,7,9H,5-6,8H2,(H,19,21). The number of ketones is 1. The number of hydrogen-bond acceptors (Lipinski definition) is 2. The molecule has 1 aromatic carbocycles. The van der Waals surface area contributed by atoms with E-state index in [9.17, 15) is 22.8 Å². The summed E-state index contributed by atoms with van der Waals surface area (Å²) in [5.41, 5.74) is 0.00312. The molecule has 0 radical (unpaired) electrons. The van der Waals surface area contributed by atoms with E-state index in [1.165, 1.54) is 10.6 Å². The molecule has 0 spiro atoms. The zero-order valence-corrected chi connectivity index (χ0v) is 11.5. The molecule has 1 aliphatic carbocycles. The van der Waals surface area contributed by atoms with Crippen molar-refractivity contribution in [2.45, 2.75) is 31.6 Å². The quantitative estimate of drug-likeness (QED) is 0.883. The Bertz CT molecular complexity index is 745. The summed E-state index contributed by atoms with van der Waals surface area (Å²) in [6, 6.07) is 6.42. The highest BCUT2D eigenvalue weighted by Gasteiger charge is 2.40. The summed E-state index contributed by atoms with van der Waals surface area (Å²) >= 11 is 0. The van der Waals surface area contributed by atoms with Gasteiger partial charge >= 0.3 is 6.18 Å². The number of carbonyl (C=O) groups is 2. The lowest BCUT2D eigenvalue weighted by atomic mass is 10.1. The van der Waals surface area contributed by atoms with E-state index in [1.54, 1.807) is 18.2 Å². The van der Waals surface area contributed by atoms with Gasteiger partial charge in [0.25, 0.3) is 5.78 Å². The molecule has 1 heterocycles. The van der Waals surface area contributed by atoms with Gasteiger partial charge in [-0.05, 0) is 18.9 Å². The van der Waals surface area contributed by atoms with Crippen molar-refractivity contribution in [1.82, 2.24) is 9.88 Å². The number of nitrogens with one attached hydrogen (secondary N) is 1. The third-order valence-electron chi connectivity index (χ3n) is 3.55. The van der Waals surface area contributed by atoms with Gasteiger partial charge < -0.3 is 9.88 Å². The van der Waals surface area contributed by atoms with Crippen LogP contribution >= 0.6 is 0 Å². The number of carbonyl (C=O) groups excluding carboxylic acids is 2. The van der Waals surface area contributed by atoms with Crippen LogP contribution in [-0.2, 0) is 11.3 Å². The summed E-state index contributed by atoms with van der Waals surface area (Å²) < 4.78 is 39.4. The number of para-hydroxylation sites is 1. The monoisotopic (exact) mass is 310 g/mol. The van der Waals surface area contributed by atoms with E-state index in [-0.39, 0.29) is 23.9 Å². The van der Waals surface area contributed by atoms with Crippen LogP contribution in [0.5, 0.6) is 0 Å². The first-order chi connectivity index (χ1) is 10.4. The fraction of sp³-hybridized carbons (Fsp3) is 0.333. The van der Waals surface area contributed by atoms with Crippen LogP contribution in [0.1, 0.15) is 23.2 Å². The fourth-order valence-electron chi connectivity index (χ4n) is 2.37. The van der Waals surface area contributed by atoms with Gasteiger partial charge in [-0.3, -0.25) is 9.59 Å². The SMILES string of the molecule is O=C(Cn1cc(C(=O)C(F)(F)F)c2ccccc21)NC1CC1. The first-order valence-electron chi connectivity index (χ1n) is 6.85. The Hall–Kier alpha value is -2.31. The molecule has 1 saturated carbocycles. The van der Waals surface area contributed by atoms with Crippen molar-refractivity contribution in [2.75, 3.05) is 0 Å². The number of rotatable bonds is 4. The van der Waals surface area contributed by atoms with Crippen molar-refractivity contribution < 1.29 is 22.8 Å². The molecular weight excluding hydrogens is 297 g/mol. The van der Waals surface area contributed by atoms with Gasteiger partial charge in [-0.1, -0.05) is 18.2 Å². The number of hydrogen-bond donors (Lipinski definition) is 1. The van der Waals surface area contributed by atoms with Gasteiger partial charge in [0.2, 0.25) is 5.91 Å². The maximum atomic E-state index is 12.7. The summed E-state index contributed by atoms with van der Waals surface area (Å²) in [6.45, 7) is -0.109. The second kappa shape index (κ2) is 5.15. The summed E-state index contributed by atoms with van der Waals surface area (Å²) in [7, 11) is 0. The molecule has 4 nitrogen and oxygen atoms in total. The van der Waals surface area contributed by atoms with Gasteiger partial charge in [0, 0.05) is 23.1 Å². The normalized spacial score (nSPS) is 15.0. The highest BCUT2D eigenvalue weighted by atomic mass is 19.4. The average molecular weight is 310 g/mol. The van der Waals surface area contributed by atoms with E-state index in [0.717, 1.165) is 19.0 Å². The average Bonchev–Trinajstić information content (AvgIpc) is 3.18. The van der Waals surface area contributed by atoms with Crippen molar-refractivity contribution in [3.05, 3.63) is 36.0 Å². The topological polar surface area (TPSA) is 51.1 Å². The van der Waals surface area contributed by atoms with Gasteiger partial charge in [0.15, 0.2) is 0 Å². The van der Waals surface area contributed by atoms with Crippen molar-refractivity contribution in [3.8, 4) is 0 Å². The lowest BCUT2D eigenvalue weighted by molar-refractivity contribution is -0.121. The molecule has 1 aliphatic rings. The summed E-state index contributed by atoms with van der Waals surface area (Å²) in [5, 5.41) is 2.97. The number of amides is 1. The highest BCUT2D eigenvalue weighted by molar-refractivity contribution is 6.10. The predicted molar refractivity (Wildman–Crippen MR) is 73.5 cm³/mol. The predicted octanol–water partition coefficient (Wildman–Crippen LogP) is 2.66. The Labute approximate surface area is 123 Å². The Morgan fingerprint density at radius 2 is 1.91 bits per heavy atom. The van der Waals surface area contributed by atoms with Gasteiger partial charge in [0.05, 0.1) is 5.56 Å². The lowest BCUT2D eigenvalue weighted by Gasteiger charge is -2.05. The van der Waals surface area contributed by atoms with E-state index in [0.29, 0.717) is 5.52 Å². The van der Waals surface area contributed by atoms with Gasteiger partial charge in [0.1, 0.15) is 6.54 Å². The van der Waals surface area contributed by atoms with Crippen molar-refractivity contribution >= 4 is 22.6 Å². The van der Waals surface area contributed by atoms with Crippen molar-refractivity contribution in [3.63, 3.8) is 0 Å². The molecule has 0 bridgehead atoms. The molecule has 1 amide bonds. The van der Waals surface area contributed by atoms with Crippen LogP contribution in [0, 0.1) is 0 Å².